The molecule has 1 unspecified atom stereocenters. The number of rotatable bonds is 4. The van der Waals surface area contributed by atoms with Gasteiger partial charge >= 0.3 is 0 Å². The highest BCUT2D eigenvalue weighted by Crippen LogP contribution is 2.20. The Morgan fingerprint density at radius 2 is 2.41 bits per heavy atom. The molecule has 0 spiro atoms. The predicted octanol–water partition coefficient (Wildman–Crippen LogP) is 2.01. The molecule has 2 rings (SSSR count). The van der Waals surface area contributed by atoms with E-state index in [9.17, 15) is 0 Å². The van der Waals surface area contributed by atoms with Gasteiger partial charge in [0, 0.05) is 31.2 Å². The fourth-order valence-corrected chi connectivity index (χ4v) is 1.73. The quantitative estimate of drug-likeness (QED) is 0.872. The van der Waals surface area contributed by atoms with Crippen molar-refractivity contribution in [2.75, 3.05) is 11.1 Å². The molecule has 0 saturated heterocycles. The Kier molecular flexibility index (Phi) is 3.49. The van der Waals surface area contributed by atoms with Gasteiger partial charge in [-0.3, -0.25) is 0 Å². The lowest BCUT2D eigenvalue weighted by Gasteiger charge is -2.16. The summed E-state index contributed by atoms with van der Waals surface area (Å²) in [7, 11) is 0. The van der Waals surface area contributed by atoms with Crippen molar-refractivity contribution in [3.63, 3.8) is 0 Å². The maximum absolute atomic E-state index is 5.81. The van der Waals surface area contributed by atoms with Crippen LogP contribution in [0.15, 0.2) is 31.0 Å². The molecule has 90 valence electrons. The third-order valence-electron chi connectivity index (χ3n) is 2.31. The van der Waals surface area contributed by atoms with Crippen LogP contribution in [0, 0.1) is 0 Å². The topological polar surface area (TPSA) is 68.8 Å². The lowest BCUT2D eigenvalue weighted by atomic mass is 10.3. The van der Waals surface area contributed by atoms with Gasteiger partial charge in [-0.2, -0.15) is 0 Å². The summed E-state index contributed by atoms with van der Waals surface area (Å²) in [6.07, 6.45) is 7.01. The van der Waals surface area contributed by atoms with Crippen LogP contribution < -0.4 is 11.1 Å². The number of pyridine rings is 1. The van der Waals surface area contributed by atoms with Gasteiger partial charge in [0.05, 0.1) is 17.0 Å². The van der Waals surface area contributed by atoms with Gasteiger partial charge in [0.15, 0.2) is 0 Å². The third kappa shape index (κ3) is 3.10. The minimum Gasteiger partial charge on any atom is -0.396 e. The third-order valence-corrected chi connectivity index (χ3v) is 2.52. The molecule has 0 aromatic carbocycles. The van der Waals surface area contributed by atoms with E-state index in [1.165, 1.54) is 0 Å². The highest BCUT2D eigenvalue weighted by atomic mass is 35.5. The Balaban J connectivity index is 2.00. The van der Waals surface area contributed by atoms with Gasteiger partial charge < -0.3 is 15.6 Å². The predicted molar refractivity (Wildman–Crippen MR) is 69.0 cm³/mol. The number of nitrogens with two attached hydrogens (primary N) is 1. The van der Waals surface area contributed by atoms with E-state index in [2.05, 4.69) is 22.2 Å². The van der Waals surface area contributed by atoms with Crippen molar-refractivity contribution < 1.29 is 0 Å². The molecule has 0 bridgehead atoms. The van der Waals surface area contributed by atoms with Crippen molar-refractivity contribution in [3.8, 4) is 0 Å². The summed E-state index contributed by atoms with van der Waals surface area (Å²) in [6.45, 7) is 2.85. The first-order valence-corrected chi connectivity index (χ1v) is 5.66. The second kappa shape index (κ2) is 5.05. The molecular formula is C11H14ClN5. The fourth-order valence-electron chi connectivity index (χ4n) is 1.57. The van der Waals surface area contributed by atoms with Gasteiger partial charge in [-0.05, 0) is 13.0 Å². The van der Waals surface area contributed by atoms with E-state index in [4.69, 9.17) is 17.3 Å². The summed E-state index contributed by atoms with van der Waals surface area (Å²) in [5, 5.41) is 3.77. The molecule has 5 nitrogen and oxygen atoms in total. The van der Waals surface area contributed by atoms with Gasteiger partial charge in [-0.15, -0.1) is 0 Å². The van der Waals surface area contributed by atoms with Crippen LogP contribution in [0.3, 0.4) is 0 Å². The zero-order chi connectivity index (χ0) is 12.3. The first-order valence-electron chi connectivity index (χ1n) is 5.28. The van der Waals surface area contributed by atoms with Crippen LogP contribution in [-0.4, -0.2) is 20.6 Å². The first-order chi connectivity index (χ1) is 8.15. The molecule has 17 heavy (non-hydrogen) atoms. The monoisotopic (exact) mass is 251 g/mol. The second-order valence-electron chi connectivity index (χ2n) is 3.90. The van der Waals surface area contributed by atoms with Crippen LogP contribution in [0.4, 0.5) is 11.5 Å². The summed E-state index contributed by atoms with van der Waals surface area (Å²) in [5.41, 5.74) is 6.37. The maximum Gasteiger partial charge on any atom is 0.149 e. The van der Waals surface area contributed by atoms with E-state index in [-0.39, 0.29) is 6.04 Å². The molecule has 3 N–H and O–H groups in total. The Morgan fingerprint density at radius 1 is 1.59 bits per heavy atom. The van der Waals surface area contributed by atoms with E-state index in [0.717, 1.165) is 6.54 Å². The average Bonchev–Trinajstić information content (AvgIpc) is 2.75. The normalized spacial score (nSPS) is 12.4. The zero-order valence-corrected chi connectivity index (χ0v) is 10.2. The summed E-state index contributed by atoms with van der Waals surface area (Å²) >= 11 is 5.79. The van der Waals surface area contributed by atoms with E-state index >= 15 is 0 Å². The number of hydrogen-bond donors (Lipinski definition) is 2. The van der Waals surface area contributed by atoms with Crippen LogP contribution in [0.5, 0.6) is 0 Å². The van der Waals surface area contributed by atoms with Gasteiger partial charge in [0.25, 0.3) is 0 Å². The highest BCUT2D eigenvalue weighted by Gasteiger charge is 2.07. The number of imidazole rings is 1. The van der Waals surface area contributed by atoms with Crippen molar-refractivity contribution in [3.05, 3.63) is 36.0 Å². The molecule has 0 aliphatic carbocycles. The molecule has 0 radical (unpaired) electrons. The molecule has 6 heteroatoms. The van der Waals surface area contributed by atoms with Crippen LogP contribution in [0.2, 0.25) is 5.02 Å². The lowest BCUT2D eigenvalue weighted by Crippen LogP contribution is -2.22. The molecule has 0 aliphatic rings. The summed E-state index contributed by atoms with van der Waals surface area (Å²) in [5.74, 6) is 0.655. The van der Waals surface area contributed by atoms with Crippen molar-refractivity contribution in [1.29, 1.82) is 0 Å². The number of nitrogens with one attached hydrogen (secondary N) is 1. The molecule has 0 amide bonds. The SMILES string of the molecule is CC(Cn1ccnc1)Nc1ncc(Cl)cc1N. The van der Waals surface area contributed by atoms with Crippen LogP contribution in [0.1, 0.15) is 6.92 Å². The zero-order valence-electron chi connectivity index (χ0n) is 9.47. The van der Waals surface area contributed by atoms with Crippen molar-refractivity contribution in [2.45, 2.75) is 19.5 Å². The van der Waals surface area contributed by atoms with E-state index in [1.54, 1.807) is 24.8 Å². The number of nitrogen functional groups attached to an aromatic ring is 1. The number of aromatic nitrogens is 3. The summed E-state index contributed by atoms with van der Waals surface area (Å²) in [4.78, 5) is 8.14. The fraction of sp³-hybridized carbons (Fsp3) is 0.273. The van der Waals surface area contributed by atoms with Crippen molar-refractivity contribution >= 4 is 23.1 Å². The Bertz CT molecular complexity index is 483. The smallest absolute Gasteiger partial charge is 0.149 e. The van der Waals surface area contributed by atoms with Crippen LogP contribution in [-0.2, 0) is 6.54 Å². The molecule has 2 aromatic rings. The number of halogens is 1. The first kappa shape index (κ1) is 11.7. The van der Waals surface area contributed by atoms with Gasteiger partial charge in [-0.25, -0.2) is 9.97 Å². The standard InChI is InChI=1S/C11H14ClN5/c1-8(6-17-3-2-14-7-17)16-11-10(13)4-9(12)5-15-11/h2-5,7-8H,6,13H2,1H3,(H,15,16). The molecule has 0 fully saturated rings. The number of hydrogen-bond acceptors (Lipinski definition) is 4. The molecule has 2 aromatic heterocycles. The molecule has 0 saturated carbocycles. The van der Waals surface area contributed by atoms with E-state index in [1.807, 2.05) is 10.8 Å². The maximum atomic E-state index is 5.81. The Hall–Kier alpha value is -1.75. The second-order valence-corrected chi connectivity index (χ2v) is 4.33. The van der Waals surface area contributed by atoms with Crippen LogP contribution >= 0.6 is 11.6 Å². The highest BCUT2D eigenvalue weighted by molar-refractivity contribution is 6.30. The molecule has 2 heterocycles. The largest absolute Gasteiger partial charge is 0.396 e. The van der Waals surface area contributed by atoms with Crippen LogP contribution in [0.25, 0.3) is 0 Å². The minimum atomic E-state index is 0.195. The molecule has 1 atom stereocenters. The Labute approximate surface area is 105 Å². The van der Waals surface area contributed by atoms with Gasteiger partial charge in [0.1, 0.15) is 5.82 Å². The van der Waals surface area contributed by atoms with Gasteiger partial charge in [0.2, 0.25) is 0 Å². The van der Waals surface area contributed by atoms with Gasteiger partial charge in [-0.1, -0.05) is 11.6 Å². The average molecular weight is 252 g/mol. The lowest BCUT2D eigenvalue weighted by molar-refractivity contribution is 0.617. The summed E-state index contributed by atoms with van der Waals surface area (Å²) in [6, 6.07) is 1.88. The number of nitrogens with zero attached hydrogens (tertiary/aromatic N) is 3. The Morgan fingerprint density at radius 3 is 3.06 bits per heavy atom. The van der Waals surface area contributed by atoms with Crippen molar-refractivity contribution in [2.24, 2.45) is 0 Å². The molecule has 0 aliphatic heterocycles. The van der Waals surface area contributed by atoms with E-state index < -0.39 is 0 Å². The molecular weight excluding hydrogens is 238 g/mol. The summed E-state index contributed by atoms with van der Waals surface area (Å²) < 4.78 is 1.99. The van der Waals surface area contributed by atoms with E-state index in [0.29, 0.717) is 16.5 Å². The minimum absolute atomic E-state index is 0.195. The number of anilines is 2. The van der Waals surface area contributed by atoms with Crippen molar-refractivity contribution in [1.82, 2.24) is 14.5 Å².